The number of carbonyl (C=O) groups is 2. The van der Waals surface area contributed by atoms with Gasteiger partial charge in [-0.2, -0.15) is 0 Å². The maximum atomic E-state index is 12.2. The number of hydrogen-bond acceptors (Lipinski definition) is 3. The maximum Gasteiger partial charge on any atom is 0.324 e. The highest BCUT2D eigenvalue weighted by Gasteiger charge is 2.21. The van der Waals surface area contributed by atoms with Crippen LogP contribution in [0.3, 0.4) is 0 Å². The second-order valence-corrected chi connectivity index (χ2v) is 3.92. The van der Waals surface area contributed by atoms with Crippen LogP contribution in [0.25, 0.3) is 0 Å². The van der Waals surface area contributed by atoms with Gasteiger partial charge in [0.25, 0.3) is 0 Å². The monoisotopic (exact) mass is 266 g/mol. The molecule has 0 spiro atoms. The lowest BCUT2D eigenvalue weighted by Gasteiger charge is -2.26. The molecule has 0 saturated carbocycles. The van der Waals surface area contributed by atoms with Crippen LogP contribution in [0.2, 0.25) is 0 Å². The molecule has 1 aromatic carbocycles. The van der Waals surface area contributed by atoms with Crippen LogP contribution in [-0.4, -0.2) is 49.3 Å². The van der Waals surface area contributed by atoms with Crippen LogP contribution in [-0.2, 0) is 4.79 Å². The van der Waals surface area contributed by atoms with Crippen LogP contribution < -0.4 is 9.64 Å². The molecule has 0 aliphatic rings. The third kappa shape index (κ3) is 3.61. The fourth-order valence-corrected chi connectivity index (χ4v) is 1.70. The van der Waals surface area contributed by atoms with Gasteiger partial charge in [0.15, 0.2) is 0 Å². The number of methoxy groups -OCH3 is 1. The number of benzene rings is 1. The highest BCUT2D eigenvalue weighted by molar-refractivity contribution is 5.94. The summed E-state index contributed by atoms with van der Waals surface area (Å²) in [6, 6.07) is 6.69. The molecule has 0 radical (unpaired) electrons. The summed E-state index contributed by atoms with van der Waals surface area (Å²) in [5.41, 5.74) is 0.596. The number of carboxylic acid groups (broad SMARTS) is 1. The third-order valence-electron chi connectivity index (χ3n) is 2.71. The molecule has 0 fully saturated rings. The van der Waals surface area contributed by atoms with Gasteiger partial charge in [-0.15, -0.1) is 0 Å². The SMILES string of the molecule is CCN(CC(=O)O)C(=O)N(C)c1ccccc1OC. The van der Waals surface area contributed by atoms with Crippen molar-refractivity contribution in [2.45, 2.75) is 6.92 Å². The third-order valence-corrected chi connectivity index (χ3v) is 2.71. The Morgan fingerprint density at radius 1 is 1.32 bits per heavy atom. The normalized spacial score (nSPS) is 9.84. The number of urea groups is 1. The molecule has 0 aliphatic carbocycles. The van der Waals surface area contributed by atoms with E-state index < -0.39 is 5.97 Å². The predicted molar refractivity (Wildman–Crippen MR) is 71.7 cm³/mol. The lowest BCUT2D eigenvalue weighted by Crippen LogP contribution is -2.43. The van der Waals surface area contributed by atoms with Crippen LogP contribution >= 0.6 is 0 Å². The van der Waals surface area contributed by atoms with Gasteiger partial charge < -0.3 is 14.7 Å². The first-order valence-corrected chi connectivity index (χ1v) is 5.88. The van der Waals surface area contributed by atoms with E-state index >= 15 is 0 Å². The highest BCUT2D eigenvalue weighted by atomic mass is 16.5. The topological polar surface area (TPSA) is 70.1 Å². The standard InChI is InChI=1S/C13H18N2O4/c1-4-15(9-12(16)17)13(18)14(2)10-7-5-6-8-11(10)19-3/h5-8H,4,9H2,1-3H3,(H,16,17). The maximum absolute atomic E-state index is 12.2. The van der Waals surface area contributed by atoms with Crippen LogP contribution in [0, 0.1) is 0 Å². The van der Waals surface area contributed by atoms with Crippen molar-refractivity contribution < 1.29 is 19.4 Å². The highest BCUT2D eigenvalue weighted by Crippen LogP contribution is 2.27. The molecule has 104 valence electrons. The van der Waals surface area contributed by atoms with Crippen LogP contribution in [0.1, 0.15) is 6.92 Å². The van der Waals surface area contributed by atoms with E-state index in [4.69, 9.17) is 9.84 Å². The van der Waals surface area contributed by atoms with Crippen molar-refractivity contribution in [3.8, 4) is 5.75 Å². The molecule has 6 nitrogen and oxygen atoms in total. The van der Waals surface area contributed by atoms with Gasteiger partial charge in [0.2, 0.25) is 0 Å². The minimum atomic E-state index is -1.04. The van der Waals surface area contributed by atoms with Gasteiger partial charge in [0.1, 0.15) is 12.3 Å². The number of aliphatic carboxylic acids is 1. The van der Waals surface area contributed by atoms with Crippen molar-refractivity contribution in [2.24, 2.45) is 0 Å². The molecule has 2 amide bonds. The van der Waals surface area contributed by atoms with E-state index in [-0.39, 0.29) is 12.6 Å². The summed E-state index contributed by atoms with van der Waals surface area (Å²) in [6.45, 7) is 1.73. The van der Waals surface area contributed by atoms with Gasteiger partial charge in [0.05, 0.1) is 12.8 Å². The Bertz CT molecular complexity index is 462. The zero-order valence-corrected chi connectivity index (χ0v) is 11.3. The summed E-state index contributed by atoms with van der Waals surface area (Å²) in [4.78, 5) is 25.6. The van der Waals surface area contributed by atoms with Crippen molar-refractivity contribution >= 4 is 17.7 Å². The molecule has 1 N–H and O–H groups in total. The second-order valence-electron chi connectivity index (χ2n) is 3.92. The van der Waals surface area contributed by atoms with E-state index in [9.17, 15) is 9.59 Å². The quantitative estimate of drug-likeness (QED) is 0.879. The predicted octanol–water partition coefficient (Wildman–Crippen LogP) is 1.66. The first-order chi connectivity index (χ1) is 9.01. The van der Waals surface area contributed by atoms with Crippen LogP contribution in [0.4, 0.5) is 10.5 Å². The summed E-state index contributed by atoms with van der Waals surface area (Å²) < 4.78 is 5.18. The molecule has 0 saturated heterocycles. The number of amides is 2. The van der Waals surface area contributed by atoms with Gasteiger partial charge in [0, 0.05) is 13.6 Å². The Morgan fingerprint density at radius 2 is 1.95 bits per heavy atom. The number of nitrogens with zero attached hydrogens (tertiary/aromatic N) is 2. The summed E-state index contributed by atoms with van der Waals surface area (Å²) in [5.74, 6) is -0.478. The smallest absolute Gasteiger partial charge is 0.324 e. The average Bonchev–Trinajstić information content (AvgIpc) is 2.42. The Hall–Kier alpha value is -2.24. The zero-order valence-electron chi connectivity index (χ0n) is 11.3. The average molecular weight is 266 g/mol. The van der Waals surface area contributed by atoms with Crippen LogP contribution in [0.15, 0.2) is 24.3 Å². The first kappa shape index (κ1) is 14.8. The zero-order chi connectivity index (χ0) is 14.4. The Kier molecular flexibility index (Phi) is 5.17. The van der Waals surface area contributed by atoms with Crippen molar-refractivity contribution in [1.82, 2.24) is 4.90 Å². The van der Waals surface area contributed by atoms with Crippen molar-refractivity contribution in [3.05, 3.63) is 24.3 Å². The lowest BCUT2D eigenvalue weighted by atomic mass is 10.2. The largest absolute Gasteiger partial charge is 0.495 e. The van der Waals surface area contributed by atoms with Gasteiger partial charge in [-0.05, 0) is 19.1 Å². The van der Waals surface area contributed by atoms with E-state index in [1.807, 2.05) is 0 Å². The molecule has 1 rings (SSSR count). The molecular formula is C13H18N2O4. The van der Waals surface area contributed by atoms with Gasteiger partial charge in [-0.3, -0.25) is 9.69 Å². The number of hydrogen-bond donors (Lipinski definition) is 1. The van der Waals surface area contributed by atoms with E-state index in [0.29, 0.717) is 18.0 Å². The van der Waals surface area contributed by atoms with E-state index in [1.165, 1.54) is 16.9 Å². The number of carboxylic acids is 1. The molecule has 0 heterocycles. The Morgan fingerprint density at radius 3 is 2.47 bits per heavy atom. The Labute approximate surface area is 112 Å². The number of carbonyl (C=O) groups excluding carboxylic acids is 1. The minimum Gasteiger partial charge on any atom is -0.495 e. The van der Waals surface area contributed by atoms with Crippen molar-refractivity contribution in [3.63, 3.8) is 0 Å². The summed E-state index contributed by atoms with van der Waals surface area (Å²) in [6.07, 6.45) is 0. The molecule has 0 aromatic heterocycles. The number of anilines is 1. The first-order valence-electron chi connectivity index (χ1n) is 5.88. The van der Waals surface area contributed by atoms with E-state index in [0.717, 1.165) is 0 Å². The molecule has 1 aromatic rings. The number of para-hydroxylation sites is 2. The molecule has 0 unspecified atom stereocenters. The van der Waals surface area contributed by atoms with Crippen molar-refractivity contribution in [1.29, 1.82) is 0 Å². The summed E-state index contributed by atoms with van der Waals surface area (Å²) >= 11 is 0. The van der Waals surface area contributed by atoms with Gasteiger partial charge >= 0.3 is 12.0 Å². The summed E-state index contributed by atoms with van der Waals surface area (Å²) in [5, 5.41) is 8.78. The fraction of sp³-hybridized carbons (Fsp3) is 0.385. The molecule has 0 bridgehead atoms. The minimum absolute atomic E-state index is 0.324. The van der Waals surface area contributed by atoms with Crippen LogP contribution in [0.5, 0.6) is 5.75 Å². The molecule has 0 atom stereocenters. The molecule has 0 aliphatic heterocycles. The van der Waals surface area contributed by atoms with Crippen molar-refractivity contribution in [2.75, 3.05) is 32.1 Å². The lowest BCUT2D eigenvalue weighted by molar-refractivity contribution is -0.137. The molecule has 6 heteroatoms. The number of likely N-dealkylation sites (N-methyl/N-ethyl adjacent to an activating group) is 1. The second kappa shape index (κ2) is 6.63. The molecule has 19 heavy (non-hydrogen) atoms. The van der Waals surface area contributed by atoms with Gasteiger partial charge in [-0.1, -0.05) is 12.1 Å². The number of ether oxygens (including phenoxy) is 1. The van der Waals surface area contributed by atoms with E-state index in [1.54, 1.807) is 38.2 Å². The number of rotatable bonds is 5. The fourth-order valence-electron chi connectivity index (χ4n) is 1.70. The summed E-state index contributed by atoms with van der Waals surface area (Å²) in [7, 11) is 3.11. The van der Waals surface area contributed by atoms with E-state index in [2.05, 4.69) is 0 Å². The molecular weight excluding hydrogens is 248 g/mol. The van der Waals surface area contributed by atoms with Gasteiger partial charge in [-0.25, -0.2) is 4.79 Å². The Balaban J connectivity index is 2.94.